The van der Waals surface area contributed by atoms with Crippen LogP contribution in [0.15, 0.2) is 18.5 Å². The van der Waals surface area contributed by atoms with Gasteiger partial charge in [0, 0.05) is 18.0 Å². The highest BCUT2D eigenvalue weighted by atomic mass is 16.3. The molecule has 0 radical (unpaired) electrons. The average molecular weight is 264 g/mol. The van der Waals surface area contributed by atoms with Crippen LogP contribution >= 0.6 is 0 Å². The third kappa shape index (κ3) is 3.15. The molecule has 0 saturated carbocycles. The van der Waals surface area contributed by atoms with Gasteiger partial charge in [0.25, 0.3) is 0 Å². The van der Waals surface area contributed by atoms with Crippen LogP contribution in [0.2, 0.25) is 0 Å². The Morgan fingerprint density at radius 3 is 2.16 bits per heavy atom. The Balaban J connectivity index is 3.17. The maximum Gasteiger partial charge on any atom is 0.0988 e. The molecule has 0 aliphatic heterocycles. The molecule has 0 aliphatic carbocycles. The van der Waals surface area contributed by atoms with Gasteiger partial charge in [0.1, 0.15) is 0 Å². The van der Waals surface area contributed by atoms with Gasteiger partial charge in [-0.1, -0.05) is 33.8 Å². The van der Waals surface area contributed by atoms with Crippen molar-refractivity contribution in [2.45, 2.75) is 59.1 Å². The Hall–Kier alpha value is -0.930. The minimum atomic E-state index is -0.491. The van der Waals surface area contributed by atoms with Gasteiger partial charge in [-0.05, 0) is 38.4 Å². The van der Waals surface area contributed by atoms with Crippen molar-refractivity contribution in [1.82, 2.24) is 9.88 Å². The highest BCUT2D eigenvalue weighted by Gasteiger charge is 2.39. The number of hydrogen-bond acceptors (Lipinski definition) is 3. The number of rotatable bonds is 7. The van der Waals surface area contributed by atoms with Crippen molar-refractivity contribution < 1.29 is 5.11 Å². The van der Waals surface area contributed by atoms with Crippen LogP contribution in [0.1, 0.15) is 57.8 Å². The highest BCUT2D eigenvalue weighted by molar-refractivity contribution is 5.22. The number of nitrogens with zero attached hydrogens (tertiary/aromatic N) is 2. The second kappa shape index (κ2) is 7.01. The lowest BCUT2D eigenvalue weighted by Crippen LogP contribution is -2.52. The maximum absolute atomic E-state index is 10.9. The fraction of sp³-hybridized carbons (Fsp3) is 0.688. The summed E-state index contributed by atoms with van der Waals surface area (Å²) in [7, 11) is 0. The topological polar surface area (TPSA) is 36.4 Å². The molecule has 1 aromatic heterocycles. The number of hydrogen-bond donors (Lipinski definition) is 1. The molecular weight excluding hydrogens is 236 g/mol. The number of aryl methyl sites for hydroxylation is 1. The minimum absolute atomic E-state index is 0.195. The Bertz CT molecular complexity index is 384. The van der Waals surface area contributed by atoms with Crippen molar-refractivity contribution in [1.29, 1.82) is 0 Å². The van der Waals surface area contributed by atoms with E-state index in [9.17, 15) is 5.11 Å². The second-order valence-corrected chi connectivity index (χ2v) is 5.18. The molecule has 0 aliphatic rings. The third-order valence-corrected chi connectivity index (χ3v) is 4.34. The molecule has 0 saturated heterocycles. The SMILES string of the molecule is CCN(CC)C(CC)(CC)C(O)c1cncc(C)c1. The van der Waals surface area contributed by atoms with Gasteiger partial charge >= 0.3 is 0 Å². The number of pyridine rings is 1. The Labute approximate surface area is 117 Å². The third-order valence-electron chi connectivity index (χ3n) is 4.34. The van der Waals surface area contributed by atoms with E-state index >= 15 is 0 Å². The van der Waals surface area contributed by atoms with Crippen LogP contribution in [-0.2, 0) is 0 Å². The van der Waals surface area contributed by atoms with E-state index in [0.29, 0.717) is 0 Å². The number of aliphatic hydroxyl groups is 1. The van der Waals surface area contributed by atoms with Crippen molar-refractivity contribution in [2.75, 3.05) is 13.1 Å². The van der Waals surface area contributed by atoms with Crippen molar-refractivity contribution in [3.05, 3.63) is 29.6 Å². The van der Waals surface area contributed by atoms with E-state index in [2.05, 4.69) is 37.6 Å². The lowest BCUT2D eigenvalue weighted by atomic mass is 9.81. The summed E-state index contributed by atoms with van der Waals surface area (Å²) in [5, 5.41) is 10.9. The average Bonchev–Trinajstić information content (AvgIpc) is 2.44. The van der Waals surface area contributed by atoms with Gasteiger partial charge in [0.05, 0.1) is 11.6 Å². The number of aromatic nitrogens is 1. The predicted octanol–water partition coefficient (Wildman–Crippen LogP) is 3.32. The summed E-state index contributed by atoms with van der Waals surface area (Å²) in [6, 6.07) is 2.04. The van der Waals surface area contributed by atoms with Crippen LogP contribution in [-0.4, -0.2) is 33.6 Å². The molecule has 19 heavy (non-hydrogen) atoms. The Morgan fingerprint density at radius 2 is 1.74 bits per heavy atom. The standard InChI is InChI=1S/C16H28N2O/c1-6-16(7-2,18(8-3)9-4)15(19)14-10-13(5)11-17-12-14/h10-12,15,19H,6-9H2,1-5H3. The first kappa shape index (κ1) is 16.1. The molecule has 1 heterocycles. The molecule has 1 aromatic rings. The molecule has 1 unspecified atom stereocenters. The monoisotopic (exact) mass is 264 g/mol. The van der Waals surface area contributed by atoms with Gasteiger partial charge in [-0.15, -0.1) is 0 Å². The van der Waals surface area contributed by atoms with Crippen molar-refractivity contribution >= 4 is 0 Å². The molecule has 0 spiro atoms. The van der Waals surface area contributed by atoms with Crippen LogP contribution in [0.5, 0.6) is 0 Å². The summed E-state index contributed by atoms with van der Waals surface area (Å²) in [4.78, 5) is 6.59. The molecule has 3 heteroatoms. The normalized spacial score (nSPS) is 13.8. The van der Waals surface area contributed by atoms with E-state index < -0.39 is 6.10 Å². The fourth-order valence-electron chi connectivity index (χ4n) is 3.15. The van der Waals surface area contributed by atoms with Crippen molar-refractivity contribution in [2.24, 2.45) is 0 Å². The summed E-state index contributed by atoms with van der Waals surface area (Å²) in [6.45, 7) is 12.6. The summed E-state index contributed by atoms with van der Waals surface area (Å²) < 4.78 is 0. The van der Waals surface area contributed by atoms with E-state index in [4.69, 9.17) is 0 Å². The van der Waals surface area contributed by atoms with E-state index in [1.54, 1.807) is 6.20 Å². The zero-order valence-corrected chi connectivity index (χ0v) is 13.0. The quantitative estimate of drug-likeness (QED) is 0.820. The van der Waals surface area contributed by atoms with Crippen molar-refractivity contribution in [3.63, 3.8) is 0 Å². The zero-order valence-electron chi connectivity index (χ0n) is 13.0. The van der Waals surface area contributed by atoms with E-state index in [0.717, 1.165) is 37.1 Å². The number of likely N-dealkylation sites (N-methyl/N-ethyl adjacent to an activating group) is 1. The first-order chi connectivity index (χ1) is 9.05. The second-order valence-electron chi connectivity index (χ2n) is 5.18. The molecule has 0 bridgehead atoms. The van der Waals surface area contributed by atoms with Crippen LogP contribution in [0.4, 0.5) is 0 Å². The summed E-state index contributed by atoms with van der Waals surface area (Å²) in [6.07, 6.45) is 4.99. The van der Waals surface area contributed by atoms with E-state index in [-0.39, 0.29) is 5.54 Å². The van der Waals surface area contributed by atoms with Gasteiger partial charge in [0.2, 0.25) is 0 Å². The van der Waals surface area contributed by atoms with Crippen LogP contribution in [0.3, 0.4) is 0 Å². The highest BCUT2D eigenvalue weighted by Crippen LogP contribution is 2.37. The van der Waals surface area contributed by atoms with Crippen LogP contribution in [0, 0.1) is 6.92 Å². The Morgan fingerprint density at radius 1 is 1.16 bits per heavy atom. The smallest absolute Gasteiger partial charge is 0.0988 e. The molecule has 1 rings (SSSR count). The summed E-state index contributed by atoms with van der Waals surface area (Å²) in [5.74, 6) is 0. The van der Waals surface area contributed by atoms with Gasteiger partial charge in [-0.3, -0.25) is 9.88 Å². The lowest BCUT2D eigenvalue weighted by Gasteiger charge is -2.45. The van der Waals surface area contributed by atoms with Crippen LogP contribution in [0.25, 0.3) is 0 Å². The van der Waals surface area contributed by atoms with E-state index in [1.807, 2.05) is 19.2 Å². The minimum Gasteiger partial charge on any atom is -0.386 e. The van der Waals surface area contributed by atoms with Crippen LogP contribution < -0.4 is 0 Å². The molecule has 108 valence electrons. The molecule has 1 N–H and O–H groups in total. The van der Waals surface area contributed by atoms with Gasteiger partial charge in [-0.2, -0.15) is 0 Å². The van der Waals surface area contributed by atoms with Gasteiger partial charge in [-0.25, -0.2) is 0 Å². The molecule has 3 nitrogen and oxygen atoms in total. The predicted molar refractivity (Wildman–Crippen MR) is 80.2 cm³/mol. The molecule has 0 aromatic carbocycles. The molecule has 0 fully saturated rings. The molecule has 0 amide bonds. The fourth-order valence-corrected chi connectivity index (χ4v) is 3.15. The first-order valence-corrected chi connectivity index (χ1v) is 7.40. The van der Waals surface area contributed by atoms with Gasteiger partial charge < -0.3 is 5.11 Å². The van der Waals surface area contributed by atoms with Gasteiger partial charge in [0.15, 0.2) is 0 Å². The largest absolute Gasteiger partial charge is 0.386 e. The summed E-state index contributed by atoms with van der Waals surface area (Å²) >= 11 is 0. The first-order valence-electron chi connectivity index (χ1n) is 7.40. The Kier molecular flexibility index (Phi) is 5.95. The maximum atomic E-state index is 10.9. The van der Waals surface area contributed by atoms with Crippen molar-refractivity contribution in [3.8, 4) is 0 Å². The van der Waals surface area contributed by atoms with E-state index in [1.165, 1.54) is 0 Å². The zero-order chi connectivity index (χ0) is 14.5. The molecular formula is C16H28N2O. The summed E-state index contributed by atoms with van der Waals surface area (Å²) in [5.41, 5.74) is 1.83. The number of aliphatic hydroxyl groups excluding tert-OH is 1. The lowest BCUT2D eigenvalue weighted by molar-refractivity contribution is -0.0368. The molecule has 1 atom stereocenters.